The van der Waals surface area contributed by atoms with E-state index in [1.165, 1.54) is 0 Å². The molecule has 0 aliphatic carbocycles. The van der Waals surface area contributed by atoms with E-state index in [9.17, 15) is 14.8 Å². The normalized spacial score (nSPS) is 31.4. The van der Waals surface area contributed by atoms with E-state index in [1.54, 1.807) is 13.6 Å². The van der Waals surface area contributed by atoms with Crippen molar-refractivity contribution >= 4 is 7.37 Å². The third-order valence-electron chi connectivity index (χ3n) is 4.96. The maximum atomic E-state index is 12.1. The van der Waals surface area contributed by atoms with Crippen molar-refractivity contribution in [2.75, 3.05) is 26.5 Å². The molecule has 6 atom stereocenters. The van der Waals surface area contributed by atoms with Gasteiger partial charge in [-0.2, -0.15) is 0 Å². The van der Waals surface area contributed by atoms with Crippen LogP contribution in [0.3, 0.4) is 0 Å². The van der Waals surface area contributed by atoms with Crippen LogP contribution in [0.5, 0.6) is 0 Å². The molecule has 1 saturated heterocycles. The van der Waals surface area contributed by atoms with Gasteiger partial charge in [-0.25, -0.2) is 0 Å². The average Bonchev–Trinajstić information content (AvgIpc) is 2.59. The second-order valence-corrected chi connectivity index (χ2v) is 11.1. The molecule has 1 aliphatic rings. The molecule has 0 aromatic rings. The second-order valence-electron chi connectivity index (χ2n) is 8.03. The van der Waals surface area contributed by atoms with Gasteiger partial charge in [-0.3, -0.25) is 4.57 Å². The van der Waals surface area contributed by atoms with Crippen LogP contribution in [0, 0.1) is 5.92 Å². The van der Waals surface area contributed by atoms with Crippen molar-refractivity contribution < 1.29 is 33.5 Å². The highest BCUT2D eigenvalue weighted by atomic mass is 31.2. The third-order valence-corrected chi connectivity index (χ3v) is 7.53. The second kappa shape index (κ2) is 11.9. The first kappa shape index (κ1) is 25.0. The van der Waals surface area contributed by atoms with E-state index in [-0.39, 0.29) is 24.3 Å². The fraction of sp³-hybridized carbons (Fsp3) is 1.00. The van der Waals surface area contributed by atoms with Gasteiger partial charge < -0.3 is 28.9 Å². The van der Waals surface area contributed by atoms with Crippen LogP contribution in [0.15, 0.2) is 0 Å². The Morgan fingerprint density at radius 3 is 2.26 bits per heavy atom. The van der Waals surface area contributed by atoms with Crippen molar-refractivity contribution in [3.8, 4) is 0 Å². The molecule has 0 saturated carbocycles. The zero-order chi connectivity index (χ0) is 20.6. The lowest BCUT2D eigenvalue weighted by molar-refractivity contribution is -0.285. The predicted octanol–water partition coefficient (Wildman–Crippen LogP) is 3.01. The van der Waals surface area contributed by atoms with E-state index in [4.69, 9.17) is 18.7 Å². The summed E-state index contributed by atoms with van der Waals surface area (Å²) in [4.78, 5) is 0. The van der Waals surface area contributed by atoms with Crippen molar-refractivity contribution in [3.05, 3.63) is 0 Å². The van der Waals surface area contributed by atoms with Crippen LogP contribution in [0.4, 0.5) is 0 Å². The Bertz CT molecular complexity index is 457. The van der Waals surface area contributed by atoms with Crippen LogP contribution < -0.4 is 0 Å². The van der Waals surface area contributed by atoms with Gasteiger partial charge in [0.05, 0.1) is 25.4 Å². The third kappa shape index (κ3) is 8.48. The first-order valence-electron chi connectivity index (χ1n) is 10.0. The molecule has 162 valence electrons. The molecule has 27 heavy (non-hydrogen) atoms. The summed E-state index contributed by atoms with van der Waals surface area (Å²) in [6.07, 6.45) is -0.519. The van der Waals surface area contributed by atoms with E-state index in [0.717, 1.165) is 19.3 Å². The van der Waals surface area contributed by atoms with Gasteiger partial charge in [0.15, 0.2) is 6.29 Å². The Hall–Kier alpha value is -0.0100. The van der Waals surface area contributed by atoms with Gasteiger partial charge in [0.25, 0.3) is 0 Å². The summed E-state index contributed by atoms with van der Waals surface area (Å²) in [5.74, 6) is -0.323. The molecule has 0 radical (unpaired) electrons. The summed E-state index contributed by atoms with van der Waals surface area (Å²) in [5.41, 5.74) is 0.0418. The van der Waals surface area contributed by atoms with E-state index < -0.39 is 32.0 Å². The molecule has 1 fully saturated rings. The topological polar surface area (TPSA) is 94.5 Å². The maximum absolute atomic E-state index is 12.1. The molecule has 1 aliphatic heterocycles. The lowest BCUT2D eigenvalue weighted by Crippen LogP contribution is -2.55. The van der Waals surface area contributed by atoms with Gasteiger partial charge in [0, 0.05) is 24.8 Å². The van der Waals surface area contributed by atoms with Crippen molar-refractivity contribution in [2.45, 2.75) is 90.2 Å². The lowest BCUT2D eigenvalue weighted by atomic mass is 9.92. The molecular formula is C19H39O7P. The standard InChI is InChI=1S/C19H39O7P/c1-13(2)24-12-16-18(21)17(20)15(5)19(26-16)23-10-8-7-9-11-25-27(6,22)14(3)4/h13-21H,7-12H2,1-6H3. The summed E-state index contributed by atoms with van der Waals surface area (Å²) in [6.45, 7) is 12.3. The SMILES string of the molecule is CC(C)OCC1OC(OCCCCCOP(C)(=O)C(C)C)C(C)C(O)C1O. The number of aliphatic hydroxyl groups excluding tert-OH is 2. The molecule has 7 nitrogen and oxygen atoms in total. The van der Waals surface area contributed by atoms with Gasteiger partial charge in [-0.15, -0.1) is 0 Å². The fourth-order valence-electron chi connectivity index (χ4n) is 2.66. The van der Waals surface area contributed by atoms with E-state index in [1.807, 2.05) is 27.7 Å². The van der Waals surface area contributed by atoms with E-state index in [0.29, 0.717) is 13.2 Å². The van der Waals surface area contributed by atoms with Crippen molar-refractivity contribution in [1.29, 1.82) is 0 Å². The summed E-state index contributed by atoms with van der Waals surface area (Å²) < 4.78 is 34.7. The Morgan fingerprint density at radius 2 is 1.67 bits per heavy atom. The molecule has 0 spiro atoms. The quantitative estimate of drug-likeness (QED) is 0.377. The lowest BCUT2D eigenvalue weighted by Gasteiger charge is -2.41. The van der Waals surface area contributed by atoms with Gasteiger partial charge >= 0.3 is 0 Å². The summed E-state index contributed by atoms with van der Waals surface area (Å²) >= 11 is 0. The highest BCUT2D eigenvalue weighted by molar-refractivity contribution is 7.58. The minimum atomic E-state index is -2.50. The summed E-state index contributed by atoms with van der Waals surface area (Å²) in [7, 11) is -2.50. The number of hydrogen-bond donors (Lipinski definition) is 2. The minimum Gasteiger partial charge on any atom is -0.390 e. The largest absolute Gasteiger partial charge is 0.390 e. The Labute approximate surface area is 164 Å². The number of unbranched alkanes of at least 4 members (excludes halogenated alkanes) is 2. The summed E-state index contributed by atoms with van der Waals surface area (Å²) in [5, 5.41) is 20.4. The van der Waals surface area contributed by atoms with Gasteiger partial charge in [0.2, 0.25) is 7.37 Å². The number of hydrogen-bond acceptors (Lipinski definition) is 7. The zero-order valence-electron chi connectivity index (χ0n) is 17.7. The zero-order valence-corrected chi connectivity index (χ0v) is 18.6. The smallest absolute Gasteiger partial charge is 0.202 e. The Kier molecular flexibility index (Phi) is 11.0. The molecule has 8 heteroatoms. The van der Waals surface area contributed by atoms with Crippen LogP contribution in [0.25, 0.3) is 0 Å². The van der Waals surface area contributed by atoms with E-state index >= 15 is 0 Å². The molecular weight excluding hydrogens is 371 g/mol. The predicted molar refractivity (Wildman–Crippen MR) is 105 cm³/mol. The molecule has 0 amide bonds. The molecule has 2 N–H and O–H groups in total. The van der Waals surface area contributed by atoms with Crippen molar-refractivity contribution in [3.63, 3.8) is 0 Å². The van der Waals surface area contributed by atoms with E-state index in [2.05, 4.69) is 0 Å². The van der Waals surface area contributed by atoms with Crippen LogP contribution in [-0.4, -0.2) is 73.1 Å². The van der Waals surface area contributed by atoms with Gasteiger partial charge in [-0.1, -0.05) is 20.8 Å². The van der Waals surface area contributed by atoms with Crippen molar-refractivity contribution in [2.24, 2.45) is 5.92 Å². The Balaban J connectivity index is 2.29. The monoisotopic (exact) mass is 410 g/mol. The fourth-order valence-corrected chi connectivity index (χ4v) is 3.45. The van der Waals surface area contributed by atoms with Crippen LogP contribution in [0.1, 0.15) is 53.9 Å². The summed E-state index contributed by atoms with van der Waals surface area (Å²) in [6, 6.07) is 0. The minimum absolute atomic E-state index is 0.0213. The van der Waals surface area contributed by atoms with Gasteiger partial charge in [-0.05, 0) is 33.1 Å². The first-order chi connectivity index (χ1) is 12.6. The number of aliphatic hydroxyl groups is 2. The highest BCUT2D eigenvalue weighted by Crippen LogP contribution is 2.47. The molecule has 0 bridgehead atoms. The Morgan fingerprint density at radius 1 is 1.04 bits per heavy atom. The molecule has 1 heterocycles. The highest BCUT2D eigenvalue weighted by Gasteiger charge is 2.42. The number of ether oxygens (including phenoxy) is 3. The number of rotatable bonds is 12. The van der Waals surface area contributed by atoms with Crippen LogP contribution in [-0.2, 0) is 23.3 Å². The molecule has 1 rings (SSSR count). The van der Waals surface area contributed by atoms with Crippen LogP contribution in [0.2, 0.25) is 0 Å². The molecule has 0 aromatic heterocycles. The van der Waals surface area contributed by atoms with Crippen LogP contribution >= 0.6 is 7.37 Å². The van der Waals surface area contributed by atoms with Crippen molar-refractivity contribution in [1.82, 2.24) is 0 Å². The average molecular weight is 410 g/mol. The maximum Gasteiger partial charge on any atom is 0.202 e. The first-order valence-corrected chi connectivity index (χ1v) is 12.2. The molecule has 0 aromatic carbocycles. The van der Waals surface area contributed by atoms with Gasteiger partial charge in [0.1, 0.15) is 12.2 Å². The molecule has 6 unspecified atom stereocenters.